The van der Waals surface area contributed by atoms with Crippen LogP contribution >= 0.6 is 23.2 Å². The predicted molar refractivity (Wildman–Crippen MR) is 78.3 cm³/mol. The summed E-state index contributed by atoms with van der Waals surface area (Å²) in [5.74, 6) is 0.925. The third-order valence-electron chi connectivity index (χ3n) is 2.18. The minimum Gasteiger partial charge on any atom is -0.349 e. The Morgan fingerprint density at radius 3 is 2.95 bits per heavy atom. The number of nitrogens with one attached hydrogen (secondary N) is 2. The van der Waals surface area contributed by atoms with Gasteiger partial charge in [-0.2, -0.15) is 10.1 Å². The van der Waals surface area contributed by atoms with Crippen molar-refractivity contribution in [3.8, 4) is 0 Å². The van der Waals surface area contributed by atoms with E-state index in [-0.39, 0.29) is 0 Å². The van der Waals surface area contributed by atoms with Crippen LogP contribution in [0, 0.1) is 0 Å². The highest BCUT2D eigenvalue weighted by Crippen LogP contribution is 2.31. The Bertz CT molecular complexity index is 588. The first-order valence-electron chi connectivity index (χ1n) is 5.46. The molecular weight excluding hydrogens is 285 g/mol. The summed E-state index contributed by atoms with van der Waals surface area (Å²) in [5, 5.41) is 14.6. The van der Waals surface area contributed by atoms with E-state index in [0.717, 1.165) is 0 Å². The lowest BCUT2D eigenvalue weighted by atomic mass is 10.3. The zero-order chi connectivity index (χ0) is 13.7. The largest absolute Gasteiger partial charge is 0.349 e. The number of halogens is 2. The van der Waals surface area contributed by atoms with Crippen molar-refractivity contribution >= 4 is 40.7 Å². The number of benzene rings is 1. The highest BCUT2D eigenvalue weighted by atomic mass is 35.5. The summed E-state index contributed by atoms with van der Waals surface area (Å²) in [7, 11) is 0. The maximum atomic E-state index is 6.08. The van der Waals surface area contributed by atoms with Crippen molar-refractivity contribution in [1.29, 1.82) is 0 Å². The molecular formula is C12H11Cl2N5. The summed E-state index contributed by atoms with van der Waals surface area (Å²) in [6, 6.07) is 5.31. The van der Waals surface area contributed by atoms with Gasteiger partial charge in [0.05, 0.1) is 21.9 Å². The van der Waals surface area contributed by atoms with Crippen LogP contribution in [0.2, 0.25) is 10.0 Å². The fourth-order valence-corrected chi connectivity index (χ4v) is 1.69. The molecule has 0 aliphatic rings. The lowest BCUT2D eigenvalue weighted by Gasteiger charge is -2.09. The van der Waals surface area contributed by atoms with Crippen LogP contribution in [0.1, 0.15) is 0 Å². The standard InChI is InChI=1S/C12H11Cl2N5/c1-2-6-15-12-18-10(7-16-19-12)17-9-5-3-4-8(13)11(9)14/h2-5,7H,1,6H2,(H2,15,17,18,19). The number of hydrogen-bond donors (Lipinski definition) is 2. The van der Waals surface area contributed by atoms with Crippen LogP contribution in [0.5, 0.6) is 0 Å². The van der Waals surface area contributed by atoms with Gasteiger partial charge in [-0.3, -0.25) is 0 Å². The van der Waals surface area contributed by atoms with Crippen molar-refractivity contribution in [3.63, 3.8) is 0 Å². The van der Waals surface area contributed by atoms with E-state index in [0.29, 0.717) is 34.0 Å². The van der Waals surface area contributed by atoms with Gasteiger partial charge in [-0.1, -0.05) is 35.3 Å². The van der Waals surface area contributed by atoms with Crippen molar-refractivity contribution in [2.45, 2.75) is 0 Å². The van der Waals surface area contributed by atoms with E-state index in [4.69, 9.17) is 23.2 Å². The van der Waals surface area contributed by atoms with E-state index >= 15 is 0 Å². The van der Waals surface area contributed by atoms with Crippen LogP contribution < -0.4 is 10.6 Å². The second-order valence-electron chi connectivity index (χ2n) is 3.56. The zero-order valence-corrected chi connectivity index (χ0v) is 11.4. The van der Waals surface area contributed by atoms with E-state index in [1.807, 2.05) is 0 Å². The topological polar surface area (TPSA) is 62.7 Å². The molecule has 2 N–H and O–H groups in total. The summed E-state index contributed by atoms with van der Waals surface area (Å²) < 4.78 is 0. The van der Waals surface area contributed by atoms with Gasteiger partial charge < -0.3 is 10.6 Å². The molecule has 0 aliphatic heterocycles. The lowest BCUT2D eigenvalue weighted by molar-refractivity contribution is 0.968. The molecule has 0 aliphatic carbocycles. The molecule has 0 saturated carbocycles. The molecule has 0 amide bonds. The summed E-state index contributed by atoms with van der Waals surface area (Å²) in [6.45, 7) is 4.16. The maximum Gasteiger partial charge on any atom is 0.244 e. The molecule has 0 bridgehead atoms. The molecule has 0 saturated heterocycles. The van der Waals surface area contributed by atoms with Gasteiger partial charge in [0.15, 0.2) is 5.82 Å². The van der Waals surface area contributed by atoms with Gasteiger partial charge in [-0.25, -0.2) is 0 Å². The maximum absolute atomic E-state index is 6.08. The Hall–Kier alpha value is -1.85. The van der Waals surface area contributed by atoms with Crippen LogP contribution in [-0.2, 0) is 0 Å². The first-order valence-corrected chi connectivity index (χ1v) is 6.22. The molecule has 1 aromatic heterocycles. The van der Waals surface area contributed by atoms with E-state index in [2.05, 4.69) is 32.4 Å². The molecule has 19 heavy (non-hydrogen) atoms. The fraction of sp³-hybridized carbons (Fsp3) is 0.0833. The van der Waals surface area contributed by atoms with E-state index in [1.165, 1.54) is 6.20 Å². The van der Waals surface area contributed by atoms with Crippen molar-refractivity contribution in [2.24, 2.45) is 0 Å². The van der Waals surface area contributed by atoms with Crippen molar-refractivity contribution < 1.29 is 0 Å². The highest BCUT2D eigenvalue weighted by molar-refractivity contribution is 6.43. The summed E-state index contributed by atoms with van der Waals surface area (Å²) in [5.41, 5.74) is 0.657. The van der Waals surface area contributed by atoms with Crippen LogP contribution in [-0.4, -0.2) is 21.7 Å². The number of anilines is 3. The molecule has 5 nitrogen and oxygen atoms in total. The number of rotatable bonds is 5. The minimum atomic E-state index is 0.406. The average molecular weight is 296 g/mol. The SMILES string of the molecule is C=CCNc1nncc(Nc2cccc(Cl)c2Cl)n1. The van der Waals surface area contributed by atoms with Crippen LogP contribution in [0.3, 0.4) is 0 Å². The number of hydrogen-bond acceptors (Lipinski definition) is 5. The van der Waals surface area contributed by atoms with E-state index in [9.17, 15) is 0 Å². The Balaban J connectivity index is 2.18. The Labute approximate surface area is 120 Å². The van der Waals surface area contributed by atoms with E-state index < -0.39 is 0 Å². The molecule has 1 heterocycles. The smallest absolute Gasteiger partial charge is 0.244 e. The highest BCUT2D eigenvalue weighted by Gasteiger charge is 2.06. The Morgan fingerprint density at radius 1 is 1.32 bits per heavy atom. The van der Waals surface area contributed by atoms with Gasteiger partial charge in [0, 0.05) is 6.54 Å². The summed E-state index contributed by atoms with van der Waals surface area (Å²) in [4.78, 5) is 4.23. The second-order valence-corrected chi connectivity index (χ2v) is 4.35. The van der Waals surface area contributed by atoms with Gasteiger partial charge in [-0.05, 0) is 12.1 Å². The second kappa shape index (κ2) is 6.36. The van der Waals surface area contributed by atoms with Crippen molar-refractivity contribution in [2.75, 3.05) is 17.2 Å². The monoisotopic (exact) mass is 295 g/mol. The summed E-state index contributed by atoms with van der Waals surface area (Å²) in [6.07, 6.45) is 3.20. The number of nitrogens with zero attached hydrogens (tertiary/aromatic N) is 3. The van der Waals surface area contributed by atoms with Crippen LogP contribution in [0.4, 0.5) is 17.5 Å². The quantitative estimate of drug-likeness (QED) is 0.827. The molecule has 2 aromatic rings. The third kappa shape index (κ3) is 3.56. The molecule has 1 aromatic carbocycles. The minimum absolute atomic E-state index is 0.406. The molecule has 0 spiro atoms. The van der Waals surface area contributed by atoms with Gasteiger partial charge in [0.1, 0.15) is 0 Å². The van der Waals surface area contributed by atoms with Crippen molar-refractivity contribution in [3.05, 3.63) is 47.1 Å². The predicted octanol–water partition coefficient (Wildman–Crippen LogP) is 3.52. The Kier molecular flexibility index (Phi) is 4.54. The lowest BCUT2D eigenvalue weighted by Crippen LogP contribution is -2.06. The summed E-state index contributed by atoms with van der Waals surface area (Å²) >= 11 is 12.0. The van der Waals surface area contributed by atoms with Crippen LogP contribution in [0.25, 0.3) is 0 Å². The average Bonchev–Trinajstić information content (AvgIpc) is 2.42. The molecule has 2 rings (SSSR count). The van der Waals surface area contributed by atoms with Gasteiger partial charge >= 0.3 is 0 Å². The Morgan fingerprint density at radius 2 is 2.16 bits per heavy atom. The van der Waals surface area contributed by atoms with E-state index in [1.54, 1.807) is 24.3 Å². The van der Waals surface area contributed by atoms with Gasteiger partial charge in [0.2, 0.25) is 5.95 Å². The normalized spacial score (nSPS) is 10.0. The first-order chi connectivity index (χ1) is 9.20. The van der Waals surface area contributed by atoms with Crippen LogP contribution in [0.15, 0.2) is 37.1 Å². The zero-order valence-electron chi connectivity index (χ0n) is 9.90. The molecule has 7 heteroatoms. The van der Waals surface area contributed by atoms with Gasteiger partial charge in [-0.15, -0.1) is 11.7 Å². The molecule has 0 radical (unpaired) electrons. The van der Waals surface area contributed by atoms with Crippen molar-refractivity contribution in [1.82, 2.24) is 15.2 Å². The third-order valence-corrected chi connectivity index (χ3v) is 3.00. The first kappa shape index (κ1) is 13.6. The molecule has 0 atom stereocenters. The number of aromatic nitrogens is 3. The molecule has 98 valence electrons. The fourth-order valence-electron chi connectivity index (χ4n) is 1.34. The van der Waals surface area contributed by atoms with Gasteiger partial charge in [0.25, 0.3) is 0 Å². The molecule has 0 fully saturated rings. The molecule has 0 unspecified atom stereocenters.